The zero-order valence-electron chi connectivity index (χ0n) is 18.8. The van der Waals surface area contributed by atoms with Crippen LogP contribution in [-0.4, -0.2) is 58.6 Å². The second-order valence-electron chi connectivity index (χ2n) is 8.94. The molecule has 5 nitrogen and oxygen atoms in total. The average molecular weight is 448 g/mol. The van der Waals surface area contributed by atoms with Crippen LogP contribution < -0.4 is 4.74 Å². The summed E-state index contributed by atoms with van der Waals surface area (Å²) in [6.07, 6.45) is 7.85. The van der Waals surface area contributed by atoms with E-state index in [-0.39, 0.29) is 17.8 Å². The van der Waals surface area contributed by atoms with Crippen molar-refractivity contribution in [2.45, 2.75) is 37.8 Å². The molecule has 0 aliphatic carbocycles. The molecule has 1 aromatic heterocycles. The van der Waals surface area contributed by atoms with E-state index in [0.29, 0.717) is 11.8 Å². The SMILES string of the molecule is O=C(c1ccc(-n2cccc2)cc1)N1CCC(N2CCC(Oc3ccccc3F)CC2)CC1. The third kappa shape index (κ3) is 4.96. The molecule has 1 amide bonds. The molecule has 0 atom stereocenters. The van der Waals surface area contributed by atoms with Gasteiger partial charge in [-0.25, -0.2) is 4.39 Å². The van der Waals surface area contributed by atoms with E-state index in [9.17, 15) is 9.18 Å². The Morgan fingerprint density at radius 2 is 1.48 bits per heavy atom. The van der Waals surface area contributed by atoms with E-state index in [1.54, 1.807) is 18.2 Å². The van der Waals surface area contributed by atoms with Crippen molar-refractivity contribution in [2.24, 2.45) is 0 Å². The summed E-state index contributed by atoms with van der Waals surface area (Å²) in [5.41, 5.74) is 1.80. The Bertz CT molecular complexity index is 1050. The highest BCUT2D eigenvalue weighted by Gasteiger charge is 2.30. The van der Waals surface area contributed by atoms with E-state index in [1.807, 2.05) is 58.3 Å². The summed E-state index contributed by atoms with van der Waals surface area (Å²) in [5.74, 6) is 0.171. The molecular weight excluding hydrogens is 417 g/mol. The summed E-state index contributed by atoms with van der Waals surface area (Å²) in [4.78, 5) is 17.5. The number of amides is 1. The molecule has 0 bridgehead atoms. The molecule has 3 heterocycles. The second-order valence-corrected chi connectivity index (χ2v) is 8.94. The van der Waals surface area contributed by atoms with E-state index in [2.05, 4.69) is 4.90 Å². The van der Waals surface area contributed by atoms with Gasteiger partial charge in [-0.3, -0.25) is 9.69 Å². The molecule has 2 aromatic carbocycles. The molecule has 0 N–H and O–H groups in total. The predicted octanol–water partition coefficient (Wildman–Crippen LogP) is 4.76. The molecule has 2 aliphatic rings. The Morgan fingerprint density at radius 1 is 0.818 bits per heavy atom. The lowest BCUT2D eigenvalue weighted by Crippen LogP contribution is -2.50. The summed E-state index contributed by atoms with van der Waals surface area (Å²) in [6.45, 7) is 3.49. The molecular formula is C27H30FN3O2. The van der Waals surface area contributed by atoms with Gasteiger partial charge in [-0.1, -0.05) is 12.1 Å². The van der Waals surface area contributed by atoms with Gasteiger partial charge in [-0.05, 0) is 74.2 Å². The number of benzene rings is 2. The maximum atomic E-state index is 13.9. The number of likely N-dealkylation sites (tertiary alicyclic amines) is 2. The number of carbonyl (C=O) groups is 1. The molecule has 0 saturated carbocycles. The zero-order chi connectivity index (χ0) is 22.6. The first-order valence-electron chi connectivity index (χ1n) is 11.9. The second kappa shape index (κ2) is 9.79. The highest BCUT2D eigenvalue weighted by atomic mass is 19.1. The average Bonchev–Trinajstić information content (AvgIpc) is 3.41. The smallest absolute Gasteiger partial charge is 0.253 e. The van der Waals surface area contributed by atoms with Gasteiger partial charge in [0.15, 0.2) is 11.6 Å². The molecule has 33 heavy (non-hydrogen) atoms. The van der Waals surface area contributed by atoms with Gasteiger partial charge in [0.25, 0.3) is 5.91 Å². The molecule has 3 aromatic rings. The van der Waals surface area contributed by atoms with Crippen molar-refractivity contribution >= 4 is 5.91 Å². The van der Waals surface area contributed by atoms with Gasteiger partial charge >= 0.3 is 0 Å². The standard InChI is InChI=1S/C27H30FN3O2/c28-25-5-1-2-6-26(25)33-24-13-19-30(20-14-24)23-11-17-31(18-12-23)27(32)21-7-9-22(10-8-21)29-15-3-4-16-29/h1-10,15-16,23-24H,11-14,17-20H2. The number of ether oxygens (including phenoxy) is 1. The quantitative estimate of drug-likeness (QED) is 0.566. The summed E-state index contributed by atoms with van der Waals surface area (Å²) < 4.78 is 21.8. The van der Waals surface area contributed by atoms with Crippen molar-refractivity contribution in [2.75, 3.05) is 26.2 Å². The van der Waals surface area contributed by atoms with Crippen LogP contribution in [0.25, 0.3) is 5.69 Å². The number of rotatable bonds is 5. The number of piperidine rings is 2. The van der Waals surface area contributed by atoms with Crippen LogP contribution in [0, 0.1) is 5.82 Å². The highest BCUT2D eigenvalue weighted by molar-refractivity contribution is 5.94. The van der Waals surface area contributed by atoms with Crippen LogP contribution in [0.5, 0.6) is 5.75 Å². The first kappa shape index (κ1) is 21.7. The van der Waals surface area contributed by atoms with E-state index < -0.39 is 0 Å². The Balaban J connectivity index is 1.09. The van der Waals surface area contributed by atoms with Crippen molar-refractivity contribution in [3.8, 4) is 11.4 Å². The largest absolute Gasteiger partial charge is 0.487 e. The van der Waals surface area contributed by atoms with Crippen molar-refractivity contribution < 1.29 is 13.9 Å². The van der Waals surface area contributed by atoms with Crippen LogP contribution >= 0.6 is 0 Å². The topological polar surface area (TPSA) is 37.7 Å². The minimum atomic E-state index is -0.295. The fourth-order valence-electron chi connectivity index (χ4n) is 4.98. The number of halogens is 1. The maximum absolute atomic E-state index is 13.9. The third-order valence-corrected chi connectivity index (χ3v) is 6.89. The molecule has 2 saturated heterocycles. The molecule has 5 rings (SSSR count). The lowest BCUT2D eigenvalue weighted by molar-refractivity contribution is 0.0416. The van der Waals surface area contributed by atoms with Crippen LogP contribution in [0.15, 0.2) is 73.1 Å². The van der Waals surface area contributed by atoms with Gasteiger partial charge < -0.3 is 14.2 Å². The van der Waals surface area contributed by atoms with Crippen molar-refractivity contribution in [1.82, 2.24) is 14.4 Å². The van der Waals surface area contributed by atoms with Crippen LogP contribution in [0.2, 0.25) is 0 Å². The lowest BCUT2D eigenvalue weighted by Gasteiger charge is -2.41. The molecule has 2 fully saturated rings. The summed E-state index contributed by atoms with van der Waals surface area (Å²) >= 11 is 0. The molecule has 0 unspecified atom stereocenters. The van der Waals surface area contributed by atoms with Crippen LogP contribution in [-0.2, 0) is 0 Å². The third-order valence-electron chi connectivity index (χ3n) is 6.89. The van der Waals surface area contributed by atoms with E-state index in [1.165, 1.54) is 6.07 Å². The summed E-state index contributed by atoms with van der Waals surface area (Å²) in [7, 11) is 0. The molecule has 0 spiro atoms. The first-order valence-corrected chi connectivity index (χ1v) is 11.9. The Morgan fingerprint density at radius 3 is 2.15 bits per heavy atom. The first-order chi connectivity index (χ1) is 16.2. The van der Waals surface area contributed by atoms with Crippen LogP contribution in [0.1, 0.15) is 36.0 Å². The van der Waals surface area contributed by atoms with Crippen molar-refractivity contribution in [1.29, 1.82) is 0 Å². The minimum Gasteiger partial charge on any atom is -0.487 e. The van der Waals surface area contributed by atoms with E-state index in [4.69, 9.17) is 4.74 Å². The molecule has 6 heteroatoms. The molecule has 0 radical (unpaired) electrons. The number of hydrogen-bond donors (Lipinski definition) is 0. The fraction of sp³-hybridized carbons (Fsp3) is 0.370. The van der Waals surface area contributed by atoms with Gasteiger partial charge in [0.2, 0.25) is 0 Å². The number of carbonyl (C=O) groups excluding carboxylic acids is 1. The number of nitrogens with zero attached hydrogens (tertiary/aromatic N) is 3. The normalized spacial score (nSPS) is 18.4. The van der Waals surface area contributed by atoms with E-state index in [0.717, 1.165) is 63.1 Å². The summed E-state index contributed by atoms with van der Waals surface area (Å²) in [5, 5.41) is 0. The van der Waals surface area contributed by atoms with Crippen LogP contribution in [0.4, 0.5) is 4.39 Å². The van der Waals surface area contributed by atoms with Gasteiger partial charge in [-0.2, -0.15) is 0 Å². The maximum Gasteiger partial charge on any atom is 0.253 e. The van der Waals surface area contributed by atoms with E-state index >= 15 is 0 Å². The molecule has 172 valence electrons. The monoisotopic (exact) mass is 447 g/mol. The Labute approximate surface area is 194 Å². The number of aromatic nitrogens is 1. The van der Waals surface area contributed by atoms with Gasteiger partial charge in [0.1, 0.15) is 6.10 Å². The lowest BCUT2D eigenvalue weighted by atomic mass is 9.98. The summed E-state index contributed by atoms with van der Waals surface area (Å²) in [6, 6.07) is 18.9. The Hall–Kier alpha value is -3.12. The zero-order valence-corrected chi connectivity index (χ0v) is 18.8. The van der Waals surface area contributed by atoms with Gasteiger partial charge in [0, 0.05) is 55.9 Å². The van der Waals surface area contributed by atoms with Crippen LogP contribution in [0.3, 0.4) is 0 Å². The fourth-order valence-corrected chi connectivity index (χ4v) is 4.98. The number of hydrogen-bond acceptors (Lipinski definition) is 3. The highest BCUT2D eigenvalue weighted by Crippen LogP contribution is 2.26. The van der Waals surface area contributed by atoms with Crippen molar-refractivity contribution in [3.63, 3.8) is 0 Å². The predicted molar refractivity (Wildman–Crippen MR) is 126 cm³/mol. The van der Waals surface area contributed by atoms with Gasteiger partial charge in [-0.15, -0.1) is 0 Å². The minimum absolute atomic E-state index is 0.0642. The number of para-hydroxylation sites is 1. The van der Waals surface area contributed by atoms with Crippen molar-refractivity contribution in [3.05, 3.63) is 84.4 Å². The van der Waals surface area contributed by atoms with Gasteiger partial charge in [0.05, 0.1) is 0 Å². The molecule has 2 aliphatic heterocycles. The Kier molecular flexibility index (Phi) is 6.44.